The van der Waals surface area contributed by atoms with Gasteiger partial charge in [0.1, 0.15) is 34.3 Å². The molecule has 5 unspecified atom stereocenters. The molecule has 1 saturated heterocycles. The highest BCUT2D eigenvalue weighted by molar-refractivity contribution is 7.91. The van der Waals surface area contributed by atoms with E-state index < -0.39 is 91.8 Å². The second kappa shape index (κ2) is 15.7. The molecule has 5 rings (SSSR count). The summed E-state index contributed by atoms with van der Waals surface area (Å²) in [4.78, 5) is 83.6. The van der Waals surface area contributed by atoms with Crippen LogP contribution < -0.4 is 20.7 Å². The zero-order chi connectivity index (χ0) is 40.7. The van der Waals surface area contributed by atoms with Gasteiger partial charge in [-0.05, 0) is 83.6 Å². The number of nitrogens with zero attached hydrogens (tertiary/aromatic N) is 1. The van der Waals surface area contributed by atoms with Crippen LogP contribution in [-0.2, 0) is 51.5 Å². The number of rotatable bonds is 12. The summed E-state index contributed by atoms with van der Waals surface area (Å²) in [6.07, 6.45) is 2.61. The van der Waals surface area contributed by atoms with Crippen LogP contribution in [0.15, 0.2) is 12.7 Å². The molecule has 4 N–H and O–H groups in total. The van der Waals surface area contributed by atoms with Gasteiger partial charge in [-0.25, -0.2) is 22.8 Å². The fourth-order valence-electron chi connectivity index (χ4n) is 6.98. The van der Waals surface area contributed by atoms with Gasteiger partial charge < -0.3 is 29.7 Å². The number of hydrogen-bond acceptors (Lipinski definition) is 12. The first-order chi connectivity index (χ1) is 25.6. The first-order valence-corrected chi connectivity index (χ1v) is 21.1. The quantitative estimate of drug-likeness (QED) is 0.135. The van der Waals surface area contributed by atoms with Crippen LogP contribution >= 0.6 is 11.3 Å². The highest BCUT2D eigenvalue weighted by Crippen LogP contribution is 2.46. The summed E-state index contributed by atoms with van der Waals surface area (Å²) in [6, 6.07) is -2.52. The minimum absolute atomic E-state index is 0.0790. The third kappa shape index (κ3) is 9.62. The summed E-state index contributed by atoms with van der Waals surface area (Å²) in [5.74, 6) is -3.51. The maximum atomic E-state index is 14.4. The average molecular weight is 808 g/mol. The van der Waals surface area contributed by atoms with E-state index in [4.69, 9.17) is 14.2 Å². The minimum atomic E-state index is -3.95. The van der Waals surface area contributed by atoms with E-state index in [1.807, 2.05) is 0 Å². The number of sulfonamides is 1. The Morgan fingerprint density at radius 2 is 1.71 bits per heavy atom. The first kappa shape index (κ1) is 42.0. The van der Waals surface area contributed by atoms with Crippen molar-refractivity contribution < 1.29 is 51.4 Å². The Balaban J connectivity index is 1.40. The molecule has 1 aliphatic heterocycles. The van der Waals surface area contributed by atoms with Gasteiger partial charge in [-0.2, -0.15) is 0 Å². The van der Waals surface area contributed by atoms with Crippen LogP contribution in [-0.4, -0.2) is 96.9 Å². The molecule has 1 aromatic heterocycles. The fraction of sp³-hybridized carbons (Fsp3) is 0.676. The van der Waals surface area contributed by atoms with E-state index in [1.165, 1.54) is 22.3 Å². The molecule has 3 fully saturated rings. The summed E-state index contributed by atoms with van der Waals surface area (Å²) < 4.78 is 44.0. The van der Waals surface area contributed by atoms with Crippen molar-refractivity contribution >= 4 is 62.2 Å². The maximum Gasteiger partial charge on any atom is 0.412 e. The molecule has 3 aliphatic carbocycles. The Hall–Kier alpha value is -4.19. The van der Waals surface area contributed by atoms with E-state index in [0.29, 0.717) is 19.3 Å². The SMILES string of the molecule is C=CC1CC1(NC(=O)C1CC(OC(=O)Nc2sc3c(c2C(=O)OCC)CCCC3)CN1C(=O)C(NC(=O)OC(C)(C)C)C(C)(C)C)C(=O)NS(=O)(=O)C1CC1. The zero-order valence-electron chi connectivity index (χ0n) is 32.5. The van der Waals surface area contributed by atoms with Crippen LogP contribution in [0.3, 0.4) is 0 Å². The zero-order valence-corrected chi connectivity index (χ0v) is 34.1. The molecule has 0 aromatic carbocycles. The summed E-state index contributed by atoms with van der Waals surface area (Å²) in [5, 5.41) is 7.62. The van der Waals surface area contributed by atoms with Gasteiger partial charge >= 0.3 is 18.2 Å². The first-order valence-electron chi connectivity index (χ1n) is 18.7. The second-order valence-corrected chi connectivity index (χ2v) is 19.7. The Labute approximate surface area is 325 Å². The van der Waals surface area contributed by atoms with Crippen molar-refractivity contribution in [1.29, 1.82) is 0 Å². The topological polar surface area (TPSA) is 216 Å². The van der Waals surface area contributed by atoms with Gasteiger partial charge in [0, 0.05) is 17.2 Å². The molecule has 0 spiro atoms. The number of carbonyl (C=O) groups is 6. The molecule has 0 bridgehead atoms. The molecule has 5 amide bonds. The number of ether oxygens (including phenoxy) is 3. The van der Waals surface area contributed by atoms with E-state index >= 15 is 0 Å². The van der Waals surface area contributed by atoms with Crippen molar-refractivity contribution in [3.8, 4) is 0 Å². The average Bonchev–Trinajstić information content (AvgIpc) is 3.97. The number of likely N-dealkylation sites (tertiary alicyclic amines) is 1. The normalized spacial score (nSPS) is 24.1. The Kier molecular flexibility index (Phi) is 12.0. The largest absolute Gasteiger partial charge is 0.462 e. The van der Waals surface area contributed by atoms with Crippen LogP contribution in [0.4, 0.5) is 14.6 Å². The van der Waals surface area contributed by atoms with Gasteiger partial charge in [-0.3, -0.25) is 24.4 Å². The Morgan fingerprint density at radius 1 is 1.04 bits per heavy atom. The van der Waals surface area contributed by atoms with Crippen molar-refractivity contribution in [2.75, 3.05) is 18.5 Å². The smallest absolute Gasteiger partial charge is 0.412 e. The number of nitrogens with one attached hydrogen (secondary N) is 4. The maximum absolute atomic E-state index is 14.4. The number of carbonyl (C=O) groups excluding carboxylic acids is 6. The fourth-order valence-corrected chi connectivity index (χ4v) is 9.61. The molecule has 16 nitrogen and oxygen atoms in total. The number of thiophene rings is 1. The highest BCUT2D eigenvalue weighted by atomic mass is 32.2. The number of alkyl carbamates (subject to hydrolysis) is 1. The highest BCUT2D eigenvalue weighted by Gasteiger charge is 2.62. The molecule has 4 aliphatic rings. The molecule has 18 heteroatoms. The third-order valence-corrected chi connectivity index (χ3v) is 13.0. The molecule has 55 heavy (non-hydrogen) atoms. The van der Waals surface area contributed by atoms with Crippen LogP contribution in [0.25, 0.3) is 0 Å². The molecule has 0 radical (unpaired) electrons. The lowest BCUT2D eigenvalue weighted by Gasteiger charge is -2.36. The predicted molar refractivity (Wildman–Crippen MR) is 203 cm³/mol. The molecule has 2 heterocycles. The van der Waals surface area contributed by atoms with Crippen LogP contribution in [0.1, 0.15) is 108 Å². The number of hydrogen-bond donors (Lipinski definition) is 4. The van der Waals surface area contributed by atoms with Crippen LogP contribution in [0.2, 0.25) is 0 Å². The lowest BCUT2D eigenvalue weighted by molar-refractivity contribution is -0.143. The summed E-state index contributed by atoms with van der Waals surface area (Å²) in [5.41, 5.74) is -2.28. The standard InChI is InChI=1S/C37H53N5O11S2/c1-9-20-18-37(20,32(46)41-55(49,50)22-15-16-22)40-28(43)24-17-21(19-42(24)30(44)27(35(3,4)5)38-34(48)53-36(6,7)8)52-33(47)39-29-26(31(45)51-10-2)23-13-11-12-14-25(23)54-29/h9,20-22,24,27H,1,10-19H2,2-8H3,(H,38,48)(H,39,47)(H,40,43)(H,41,46). The molecule has 1 aromatic rings. The van der Waals surface area contributed by atoms with E-state index in [2.05, 4.69) is 27.3 Å². The van der Waals surface area contributed by atoms with Crippen LogP contribution in [0.5, 0.6) is 0 Å². The van der Waals surface area contributed by atoms with Gasteiger partial charge in [0.15, 0.2) is 0 Å². The van der Waals surface area contributed by atoms with Crippen molar-refractivity contribution in [3.05, 3.63) is 28.7 Å². The molecular weight excluding hydrogens is 755 g/mol. The lowest BCUT2D eigenvalue weighted by atomic mass is 9.85. The number of esters is 1. The summed E-state index contributed by atoms with van der Waals surface area (Å²) in [7, 11) is -3.95. The van der Waals surface area contributed by atoms with E-state index in [-0.39, 0.29) is 36.6 Å². The third-order valence-electron chi connectivity index (χ3n) is 10.0. The molecule has 304 valence electrons. The van der Waals surface area contributed by atoms with Gasteiger partial charge in [0.25, 0.3) is 5.91 Å². The van der Waals surface area contributed by atoms with E-state index in [1.54, 1.807) is 48.5 Å². The van der Waals surface area contributed by atoms with Crippen molar-refractivity contribution in [2.24, 2.45) is 11.3 Å². The Bertz CT molecular complexity index is 1840. The molecular formula is C37H53N5O11S2. The second-order valence-electron chi connectivity index (χ2n) is 16.7. The number of amides is 5. The van der Waals surface area contributed by atoms with Gasteiger partial charge in [0.05, 0.1) is 24.0 Å². The predicted octanol–water partition coefficient (Wildman–Crippen LogP) is 3.93. The van der Waals surface area contributed by atoms with Crippen molar-refractivity contribution in [2.45, 2.75) is 134 Å². The number of fused-ring (bicyclic) bond motifs is 1. The van der Waals surface area contributed by atoms with Crippen molar-refractivity contribution in [1.82, 2.24) is 20.3 Å². The van der Waals surface area contributed by atoms with Gasteiger partial charge in [0.2, 0.25) is 21.8 Å². The van der Waals surface area contributed by atoms with E-state index in [9.17, 15) is 37.2 Å². The summed E-state index contributed by atoms with van der Waals surface area (Å²) >= 11 is 1.27. The van der Waals surface area contributed by atoms with Crippen LogP contribution in [0, 0.1) is 11.3 Å². The monoisotopic (exact) mass is 807 g/mol. The number of anilines is 1. The summed E-state index contributed by atoms with van der Waals surface area (Å²) in [6.45, 7) is 15.5. The van der Waals surface area contributed by atoms with E-state index in [0.717, 1.165) is 29.7 Å². The van der Waals surface area contributed by atoms with Gasteiger partial charge in [-0.15, -0.1) is 17.9 Å². The van der Waals surface area contributed by atoms with Gasteiger partial charge in [-0.1, -0.05) is 26.8 Å². The number of aryl methyl sites for hydroxylation is 1. The molecule has 2 saturated carbocycles. The van der Waals surface area contributed by atoms with Crippen molar-refractivity contribution in [3.63, 3.8) is 0 Å². The minimum Gasteiger partial charge on any atom is -0.462 e. The lowest BCUT2D eigenvalue weighted by Crippen LogP contribution is -2.60. The molecule has 5 atom stereocenters. The Morgan fingerprint density at radius 3 is 2.29 bits per heavy atom.